The molecule has 0 fully saturated rings. The first-order valence-electron chi connectivity index (χ1n) is 12.8. The molecule has 1 aromatic heterocycles. The van der Waals surface area contributed by atoms with Gasteiger partial charge in [-0.25, -0.2) is 9.78 Å². The number of aryl methyl sites for hydroxylation is 1. The second-order valence-corrected chi connectivity index (χ2v) is 9.06. The van der Waals surface area contributed by atoms with Crippen LogP contribution in [0.25, 0.3) is 33.5 Å². The van der Waals surface area contributed by atoms with Gasteiger partial charge in [-0.3, -0.25) is 0 Å². The number of aromatic nitrogens is 2. The summed E-state index contributed by atoms with van der Waals surface area (Å²) < 4.78 is 7.41. The highest BCUT2D eigenvalue weighted by Gasteiger charge is 2.16. The molecule has 0 saturated carbocycles. The predicted molar refractivity (Wildman–Crippen MR) is 143 cm³/mol. The number of nitrogens with zero attached hydrogens (tertiary/aromatic N) is 2. The third-order valence-corrected chi connectivity index (χ3v) is 6.43. The topological polar surface area (TPSA) is 84.6 Å². The van der Waals surface area contributed by atoms with Crippen molar-refractivity contribution >= 4 is 17.0 Å². The number of imidazole rings is 1. The summed E-state index contributed by atoms with van der Waals surface area (Å²) in [4.78, 5) is 17.2. The fraction of sp³-hybridized carbons (Fsp3) is 0.333. The number of ether oxygens (including phenoxy) is 1. The number of aromatic hydroxyl groups is 2. The Labute approximate surface area is 212 Å². The van der Waals surface area contributed by atoms with Crippen molar-refractivity contribution in [3.05, 3.63) is 66.2 Å². The van der Waals surface area contributed by atoms with E-state index in [1.54, 1.807) is 31.2 Å². The summed E-state index contributed by atoms with van der Waals surface area (Å²) in [5.74, 6) is 0.563. The zero-order chi connectivity index (χ0) is 25.5. The maximum absolute atomic E-state index is 12.3. The number of hydrogen-bond acceptors (Lipinski definition) is 5. The number of hydrogen-bond donors (Lipinski definition) is 2. The lowest BCUT2D eigenvalue weighted by molar-refractivity contribution is 0.0526. The van der Waals surface area contributed by atoms with E-state index in [9.17, 15) is 15.0 Å². The number of carbonyl (C=O) groups is 1. The van der Waals surface area contributed by atoms with Gasteiger partial charge in [0.05, 0.1) is 23.2 Å². The molecular formula is C30H34N2O4. The summed E-state index contributed by atoms with van der Waals surface area (Å²) in [7, 11) is 0. The van der Waals surface area contributed by atoms with Crippen LogP contribution >= 0.6 is 0 Å². The van der Waals surface area contributed by atoms with Crippen LogP contribution in [0.5, 0.6) is 11.5 Å². The first-order valence-corrected chi connectivity index (χ1v) is 12.8. The number of phenolic OH excluding ortho intramolecular Hbond substituents is 2. The highest BCUT2D eigenvalue weighted by Crippen LogP contribution is 2.34. The quantitative estimate of drug-likeness (QED) is 0.171. The largest absolute Gasteiger partial charge is 0.508 e. The van der Waals surface area contributed by atoms with E-state index in [-0.39, 0.29) is 17.5 Å². The molecule has 0 aliphatic carbocycles. The molecule has 3 aromatic carbocycles. The summed E-state index contributed by atoms with van der Waals surface area (Å²) in [6.45, 7) is 5.20. The molecule has 0 aliphatic rings. The lowest BCUT2D eigenvalue weighted by Crippen LogP contribution is -2.04. The van der Waals surface area contributed by atoms with E-state index in [2.05, 4.69) is 11.5 Å². The van der Waals surface area contributed by atoms with Crippen LogP contribution in [-0.4, -0.2) is 32.3 Å². The molecule has 6 nitrogen and oxygen atoms in total. The van der Waals surface area contributed by atoms with Gasteiger partial charge in [-0.1, -0.05) is 63.3 Å². The van der Waals surface area contributed by atoms with Gasteiger partial charge in [-0.2, -0.15) is 0 Å². The number of benzene rings is 3. The van der Waals surface area contributed by atoms with Gasteiger partial charge in [-0.15, -0.1) is 0 Å². The Kier molecular flexibility index (Phi) is 8.26. The van der Waals surface area contributed by atoms with Crippen molar-refractivity contribution in [2.45, 2.75) is 58.9 Å². The van der Waals surface area contributed by atoms with E-state index >= 15 is 0 Å². The molecule has 0 bridgehead atoms. The van der Waals surface area contributed by atoms with Gasteiger partial charge < -0.3 is 19.5 Å². The lowest BCUT2D eigenvalue weighted by atomic mass is 10.0. The number of phenols is 2. The van der Waals surface area contributed by atoms with Crippen molar-refractivity contribution in [2.24, 2.45) is 0 Å². The average molecular weight is 487 g/mol. The molecule has 0 atom stereocenters. The van der Waals surface area contributed by atoms with Crippen LogP contribution in [0.2, 0.25) is 0 Å². The molecule has 0 spiro atoms. The zero-order valence-electron chi connectivity index (χ0n) is 21.0. The SMILES string of the molecule is CCCCCCCCn1c(-c2ccc(-c3ccc(O)cc3O)cc2)nc2cc(C(=O)OCC)ccc21. The molecule has 4 aromatic rings. The van der Waals surface area contributed by atoms with E-state index < -0.39 is 0 Å². The Bertz CT molecular complexity index is 1330. The van der Waals surface area contributed by atoms with Crippen LogP contribution in [-0.2, 0) is 11.3 Å². The number of esters is 1. The van der Waals surface area contributed by atoms with E-state index in [1.165, 1.54) is 38.2 Å². The molecule has 2 N–H and O–H groups in total. The maximum Gasteiger partial charge on any atom is 0.338 e. The zero-order valence-corrected chi connectivity index (χ0v) is 21.0. The van der Waals surface area contributed by atoms with E-state index in [0.717, 1.165) is 41.0 Å². The Balaban J connectivity index is 1.66. The molecule has 0 aliphatic heterocycles. The molecule has 6 heteroatoms. The van der Waals surface area contributed by atoms with E-state index in [1.807, 2.05) is 30.3 Å². The minimum atomic E-state index is -0.343. The van der Waals surface area contributed by atoms with Crippen LogP contribution in [0.3, 0.4) is 0 Å². The van der Waals surface area contributed by atoms with Crippen LogP contribution in [0.4, 0.5) is 0 Å². The first kappa shape index (κ1) is 25.3. The molecule has 0 unspecified atom stereocenters. The van der Waals surface area contributed by atoms with Crippen molar-refractivity contribution in [1.82, 2.24) is 9.55 Å². The van der Waals surface area contributed by atoms with Gasteiger partial charge in [0.1, 0.15) is 17.3 Å². The van der Waals surface area contributed by atoms with Crippen LogP contribution in [0, 0.1) is 0 Å². The van der Waals surface area contributed by atoms with E-state index in [0.29, 0.717) is 17.7 Å². The van der Waals surface area contributed by atoms with Crippen molar-refractivity contribution in [1.29, 1.82) is 0 Å². The predicted octanol–water partition coefficient (Wildman–Crippen LogP) is 7.32. The molecule has 1 heterocycles. The smallest absolute Gasteiger partial charge is 0.338 e. The van der Waals surface area contributed by atoms with Gasteiger partial charge in [0.25, 0.3) is 0 Å². The van der Waals surface area contributed by atoms with Gasteiger partial charge >= 0.3 is 5.97 Å². The highest BCUT2D eigenvalue weighted by molar-refractivity contribution is 5.94. The Morgan fingerprint density at radius 2 is 1.58 bits per heavy atom. The Hall–Kier alpha value is -3.80. The molecule has 0 radical (unpaired) electrons. The monoisotopic (exact) mass is 486 g/mol. The minimum Gasteiger partial charge on any atom is -0.508 e. The van der Waals surface area contributed by atoms with Crippen LogP contribution < -0.4 is 0 Å². The van der Waals surface area contributed by atoms with E-state index in [4.69, 9.17) is 9.72 Å². The third-order valence-electron chi connectivity index (χ3n) is 6.43. The molecule has 4 rings (SSSR count). The van der Waals surface area contributed by atoms with Crippen molar-refractivity contribution in [3.63, 3.8) is 0 Å². The molecular weight excluding hydrogens is 452 g/mol. The summed E-state index contributed by atoms with van der Waals surface area (Å²) >= 11 is 0. The fourth-order valence-corrected chi connectivity index (χ4v) is 4.53. The van der Waals surface area contributed by atoms with Crippen molar-refractivity contribution in [2.75, 3.05) is 6.61 Å². The first-order chi connectivity index (χ1) is 17.5. The van der Waals surface area contributed by atoms with Gasteiger partial charge in [-0.05, 0) is 49.2 Å². The van der Waals surface area contributed by atoms with Gasteiger partial charge in [0.15, 0.2) is 0 Å². The number of unbranched alkanes of at least 4 members (excludes halogenated alkanes) is 5. The van der Waals surface area contributed by atoms with Crippen molar-refractivity contribution < 1.29 is 19.7 Å². The van der Waals surface area contributed by atoms with Crippen molar-refractivity contribution in [3.8, 4) is 34.0 Å². The molecule has 188 valence electrons. The normalized spacial score (nSPS) is 11.2. The fourth-order valence-electron chi connectivity index (χ4n) is 4.53. The lowest BCUT2D eigenvalue weighted by Gasteiger charge is -2.11. The maximum atomic E-state index is 12.3. The summed E-state index contributed by atoms with van der Waals surface area (Å²) in [5, 5.41) is 19.8. The highest BCUT2D eigenvalue weighted by atomic mass is 16.5. The standard InChI is InChI=1S/C30H34N2O4/c1-3-5-6-7-8-9-18-32-27-17-14-23(30(35)36-4-2)19-26(27)31-29(32)22-12-10-21(11-13-22)25-16-15-24(33)20-28(25)34/h10-17,19-20,33-34H,3-9,18H2,1-2H3. The number of carbonyl (C=O) groups excluding carboxylic acids is 1. The minimum absolute atomic E-state index is 0.0264. The number of rotatable bonds is 11. The second kappa shape index (κ2) is 11.8. The second-order valence-electron chi connectivity index (χ2n) is 9.06. The summed E-state index contributed by atoms with van der Waals surface area (Å²) in [6, 6.07) is 18.0. The molecule has 0 amide bonds. The number of fused-ring (bicyclic) bond motifs is 1. The summed E-state index contributed by atoms with van der Waals surface area (Å²) in [6.07, 6.45) is 7.23. The molecule has 36 heavy (non-hydrogen) atoms. The Morgan fingerprint density at radius 1 is 0.861 bits per heavy atom. The van der Waals surface area contributed by atoms with Crippen LogP contribution in [0.15, 0.2) is 60.7 Å². The third kappa shape index (κ3) is 5.70. The average Bonchev–Trinajstić information content (AvgIpc) is 3.24. The van der Waals surface area contributed by atoms with Crippen LogP contribution in [0.1, 0.15) is 62.7 Å². The Morgan fingerprint density at radius 3 is 2.31 bits per heavy atom. The molecule has 0 saturated heterocycles. The summed E-state index contributed by atoms with van der Waals surface area (Å²) in [5.41, 5.74) is 4.71. The van der Waals surface area contributed by atoms with Gasteiger partial charge in [0, 0.05) is 23.7 Å². The van der Waals surface area contributed by atoms with Gasteiger partial charge in [0.2, 0.25) is 0 Å².